The van der Waals surface area contributed by atoms with Crippen LogP contribution in [0.4, 0.5) is 0 Å². The number of thioether (sulfide) groups is 1. The van der Waals surface area contributed by atoms with Crippen molar-refractivity contribution < 1.29 is 19.0 Å². The average molecular weight is 506 g/mol. The van der Waals surface area contributed by atoms with Crippen molar-refractivity contribution in [2.24, 2.45) is 0 Å². The molecule has 0 aliphatic carbocycles. The minimum atomic E-state index is -0.0693. The van der Waals surface area contributed by atoms with Crippen molar-refractivity contribution in [3.05, 3.63) is 93.9 Å². The monoisotopic (exact) mass is 505 g/mol. The van der Waals surface area contributed by atoms with E-state index in [1.54, 1.807) is 19.1 Å². The van der Waals surface area contributed by atoms with Gasteiger partial charge in [-0.25, -0.2) is 0 Å². The first-order valence-electron chi connectivity index (χ1n) is 11.2. The summed E-state index contributed by atoms with van der Waals surface area (Å²) in [5, 5.41) is 0. The van der Waals surface area contributed by atoms with Crippen molar-refractivity contribution in [1.29, 1.82) is 0 Å². The summed E-state index contributed by atoms with van der Waals surface area (Å²) in [6.45, 7) is 3.08. The number of carbonyl (C=O) groups is 1. The molecule has 4 rings (SSSR count). The Morgan fingerprint density at radius 2 is 1.60 bits per heavy atom. The third-order valence-corrected chi connectivity index (χ3v) is 7.03. The number of methoxy groups -OCH3 is 2. The number of ether oxygens (including phenoxy) is 3. The fraction of sp³-hybridized carbons (Fsp3) is 0.214. The summed E-state index contributed by atoms with van der Waals surface area (Å²) in [5.41, 5.74) is 4.32. The fourth-order valence-electron chi connectivity index (χ4n) is 3.63. The van der Waals surface area contributed by atoms with Crippen LogP contribution in [-0.2, 0) is 17.8 Å². The topological polar surface area (TPSA) is 48.0 Å². The lowest BCUT2D eigenvalue weighted by Gasteiger charge is -2.15. The molecule has 0 radical (unpaired) electrons. The molecule has 7 heteroatoms. The maximum absolute atomic E-state index is 13.0. The summed E-state index contributed by atoms with van der Waals surface area (Å²) in [7, 11) is 3.22. The first-order chi connectivity index (χ1) is 17.0. The zero-order chi connectivity index (χ0) is 24.8. The summed E-state index contributed by atoms with van der Waals surface area (Å²) in [5.74, 6) is 2.06. The number of aryl methyl sites for hydroxylation is 1. The minimum absolute atomic E-state index is 0.0693. The Kier molecular flexibility index (Phi) is 8.10. The summed E-state index contributed by atoms with van der Waals surface area (Å²) in [6, 6.07) is 21.8. The molecule has 3 aromatic rings. The molecule has 35 heavy (non-hydrogen) atoms. The third kappa shape index (κ3) is 6.24. The predicted octanol–water partition coefficient (Wildman–Crippen LogP) is 6.04. The summed E-state index contributed by atoms with van der Waals surface area (Å²) in [4.78, 5) is 15.3. The number of nitrogens with zero attached hydrogens (tertiary/aromatic N) is 1. The Hall–Kier alpha value is -3.29. The quantitative estimate of drug-likeness (QED) is 0.261. The number of hydrogen-bond acceptors (Lipinski definition) is 6. The van der Waals surface area contributed by atoms with E-state index in [1.165, 1.54) is 17.3 Å². The van der Waals surface area contributed by atoms with Crippen molar-refractivity contribution in [1.82, 2.24) is 4.90 Å². The summed E-state index contributed by atoms with van der Waals surface area (Å²) >= 11 is 6.82. The summed E-state index contributed by atoms with van der Waals surface area (Å²) < 4.78 is 17.1. The Balaban J connectivity index is 1.36. The van der Waals surface area contributed by atoms with Crippen molar-refractivity contribution in [2.75, 3.05) is 20.8 Å². The zero-order valence-electron chi connectivity index (χ0n) is 19.9. The molecule has 1 aliphatic rings. The standard InChI is InChI=1S/C28H27NO4S2/c1-19-4-6-22(7-5-19)18-33-23-11-8-20(9-12-23)17-26-27(30)29(28(34)35-26)15-14-21-10-13-24(31-2)25(16-21)32-3/h4-13,16-17H,14-15,18H2,1-3H3/b26-17-. The fourth-order valence-corrected chi connectivity index (χ4v) is 4.94. The molecule has 0 atom stereocenters. The van der Waals surface area contributed by atoms with Crippen LogP contribution in [0.25, 0.3) is 6.08 Å². The maximum Gasteiger partial charge on any atom is 0.266 e. The normalized spacial score (nSPS) is 14.5. The molecule has 1 saturated heterocycles. The van der Waals surface area contributed by atoms with E-state index < -0.39 is 0 Å². The molecule has 5 nitrogen and oxygen atoms in total. The van der Waals surface area contributed by atoms with Gasteiger partial charge in [0.25, 0.3) is 5.91 Å². The van der Waals surface area contributed by atoms with Crippen LogP contribution in [-0.4, -0.2) is 35.9 Å². The zero-order valence-corrected chi connectivity index (χ0v) is 21.6. The van der Waals surface area contributed by atoms with E-state index >= 15 is 0 Å². The van der Waals surface area contributed by atoms with Crippen LogP contribution in [0.15, 0.2) is 71.6 Å². The highest BCUT2D eigenvalue weighted by Gasteiger charge is 2.31. The van der Waals surface area contributed by atoms with E-state index in [0.717, 1.165) is 22.4 Å². The number of carbonyl (C=O) groups excluding carboxylic acids is 1. The Labute approximate surface area is 215 Å². The van der Waals surface area contributed by atoms with E-state index in [-0.39, 0.29) is 5.91 Å². The molecule has 1 aliphatic heterocycles. The smallest absolute Gasteiger partial charge is 0.266 e. The second-order valence-electron chi connectivity index (χ2n) is 8.12. The molecule has 180 valence electrons. The molecular formula is C28H27NO4S2. The van der Waals surface area contributed by atoms with Crippen molar-refractivity contribution in [3.63, 3.8) is 0 Å². The molecule has 0 bridgehead atoms. The van der Waals surface area contributed by atoms with E-state index in [0.29, 0.717) is 40.3 Å². The highest BCUT2D eigenvalue weighted by atomic mass is 32.2. The molecule has 0 N–H and O–H groups in total. The van der Waals surface area contributed by atoms with E-state index in [4.69, 9.17) is 26.4 Å². The maximum atomic E-state index is 13.0. The second kappa shape index (κ2) is 11.4. The van der Waals surface area contributed by atoms with Crippen LogP contribution < -0.4 is 14.2 Å². The van der Waals surface area contributed by atoms with Crippen molar-refractivity contribution in [2.45, 2.75) is 20.0 Å². The van der Waals surface area contributed by atoms with Gasteiger partial charge in [0.15, 0.2) is 11.5 Å². The highest BCUT2D eigenvalue weighted by Crippen LogP contribution is 2.33. The molecular weight excluding hydrogens is 478 g/mol. The molecule has 1 amide bonds. The van der Waals surface area contributed by atoms with Gasteiger partial charge in [-0.3, -0.25) is 9.69 Å². The molecule has 0 spiro atoms. The number of amides is 1. The van der Waals surface area contributed by atoms with Gasteiger partial charge in [0, 0.05) is 6.54 Å². The largest absolute Gasteiger partial charge is 0.493 e. The van der Waals surface area contributed by atoms with Crippen LogP contribution in [0.5, 0.6) is 17.2 Å². The van der Waals surface area contributed by atoms with Gasteiger partial charge in [-0.1, -0.05) is 72.0 Å². The van der Waals surface area contributed by atoms with Gasteiger partial charge in [-0.2, -0.15) is 0 Å². The van der Waals surface area contributed by atoms with E-state index in [2.05, 4.69) is 31.2 Å². The van der Waals surface area contributed by atoms with Gasteiger partial charge < -0.3 is 14.2 Å². The SMILES string of the molecule is COc1ccc(CCN2C(=O)/C(=C/c3ccc(OCc4ccc(C)cc4)cc3)SC2=S)cc1OC. The predicted molar refractivity (Wildman–Crippen MR) is 145 cm³/mol. The molecule has 1 heterocycles. The van der Waals surface area contributed by atoms with E-state index in [9.17, 15) is 4.79 Å². The lowest BCUT2D eigenvalue weighted by Crippen LogP contribution is -2.30. The summed E-state index contributed by atoms with van der Waals surface area (Å²) in [6.07, 6.45) is 2.53. The third-order valence-electron chi connectivity index (χ3n) is 5.65. The number of benzene rings is 3. The van der Waals surface area contributed by atoms with Gasteiger partial charge in [0.05, 0.1) is 19.1 Å². The van der Waals surface area contributed by atoms with Crippen LogP contribution in [0.1, 0.15) is 22.3 Å². The van der Waals surface area contributed by atoms with Gasteiger partial charge in [0.1, 0.15) is 16.7 Å². The molecule has 0 unspecified atom stereocenters. The first-order valence-corrected chi connectivity index (χ1v) is 12.4. The lowest BCUT2D eigenvalue weighted by atomic mass is 10.1. The van der Waals surface area contributed by atoms with Crippen LogP contribution in [0.3, 0.4) is 0 Å². The number of rotatable bonds is 9. The molecule has 0 aromatic heterocycles. The lowest BCUT2D eigenvalue weighted by molar-refractivity contribution is -0.122. The van der Waals surface area contributed by atoms with Crippen molar-refractivity contribution >= 4 is 40.3 Å². The molecule has 0 saturated carbocycles. The van der Waals surface area contributed by atoms with Crippen molar-refractivity contribution in [3.8, 4) is 17.2 Å². The molecule has 3 aromatic carbocycles. The van der Waals surface area contributed by atoms with Crippen LogP contribution >= 0.6 is 24.0 Å². The number of hydrogen-bond donors (Lipinski definition) is 0. The Morgan fingerprint density at radius 1 is 0.914 bits per heavy atom. The second-order valence-corrected chi connectivity index (χ2v) is 9.79. The first kappa shape index (κ1) is 24.8. The van der Waals surface area contributed by atoms with E-state index in [1.807, 2.05) is 48.5 Å². The van der Waals surface area contributed by atoms with Crippen LogP contribution in [0.2, 0.25) is 0 Å². The van der Waals surface area contributed by atoms with Gasteiger partial charge >= 0.3 is 0 Å². The van der Waals surface area contributed by atoms with Gasteiger partial charge in [0.2, 0.25) is 0 Å². The van der Waals surface area contributed by atoms with Crippen LogP contribution in [0, 0.1) is 6.92 Å². The molecule has 1 fully saturated rings. The van der Waals surface area contributed by atoms with Gasteiger partial charge in [-0.05, 0) is 60.4 Å². The Morgan fingerprint density at radius 3 is 2.29 bits per heavy atom. The number of thiocarbonyl (C=S) groups is 1. The van der Waals surface area contributed by atoms with Gasteiger partial charge in [-0.15, -0.1) is 0 Å². The highest BCUT2D eigenvalue weighted by molar-refractivity contribution is 8.26. The Bertz CT molecular complexity index is 1240. The minimum Gasteiger partial charge on any atom is -0.493 e. The average Bonchev–Trinajstić information content (AvgIpc) is 3.14.